The van der Waals surface area contributed by atoms with E-state index in [1.807, 2.05) is 25.3 Å². The van der Waals surface area contributed by atoms with Crippen molar-refractivity contribution in [2.75, 3.05) is 6.54 Å². The van der Waals surface area contributed by atoms with Crippen LogP contribution in [0.5, 0.6) is 0 Å². The number of furan rings is 1. The predicted octanol–water partition coefficient (Wildman–Crippen LogP) is 3.49. The number of rotatable bonds is 6. The van der Waals surface area contributed by atoms with Gasteiger partial charge < -0.3 is 14.8 Å². The van der Waals surface area contributed by atoms with E-state index in [1.54, 1.807) is 35.9 Å². The first kappa shape index (κ1) is 15.9. The van der Waals surface area contributed by atoms with Crippen LogP contribution >= 0.6 is 11.3 Å². The Balaban J connectivity index is 1.68. The van der Waals surface area contributed by atoms with Gasteiger partial charge >= 0.3 is 0 Å². The van der Waals surface area contributed by atoms with Gasteiger partial charge in [0.2, 0.25) is 0 Å². The maximum absolute atomic E-state index is 10.1. The molecule has 6 heteroatoms. The van der Waals surface area contributed by atoms with E-state index in [0.717, 1.165) is 21.1 Å². The SMILES string of the molecule is Cc1nc(-c2cccnc2)sc1C(C)NCC(O)c1ccco1. The maximum atomic E-state index is 10.1. The first-order valence-corrected chi connectivity index (χ1v) is 8.29. The molecule has 0 aliphatic heterocycles. The second kappa shape index (κ2) is 7.04. The van der Waals surface area contributed by atoms with Crippen molar-refractivity contribution < 1.29 is 9.52 Å². The van der Waals surface area contributed by atoms with E-state index in [1.165, 1.54) is 0 Å². The van der Waals surface area contributed by atoms with Crippen LogP contribution in [0.25, 0.3) is 10.6 Å². The molecule has 3 rings (SSSR count). The Morgan fingerprint density at radius 1 is 1.35 bits per heavy atom. The molecule has 0 aromatic carbocycles. The van der Waals surface area contributed by atoms with Crippen LogP contribution < -0.4 is 5.32 Å². The smallest absolute Gasteiger partial charge is 0.133 e. The van der Waals surface area contributed by atoms with Crippen LogP contribution in [-0.2, 0) is 0 Å². The average Bonchev–Trinajstić information content (AvgIpc) is 3.23. The van der Waals surface area contributed by atoms with E-state index in [-0.39, 0.29) is 6.04 Å². The molecule has 0 bridgehead atoms. The summed E-state index contributed by atoms with van der Waals surface area (Å²) < 4.78 is 5.21. The number of aliphatic hydroxyl groups excluding tert-OH is 1. The maximum Gasteiger partial charge on any atom is 0.133 e. The third-order valence-electron chi connectivity index (χ3n) is 3.62. The van der Waals surface area contributed by atoms with Gasteiger partial charge in [-0.15, -0.1) is 11.3 Å². The van der Waals surface area contributed by atoms with Gasteiger partial charge in [0.25, 0.3) is 0 Å². The van der Waals surface area contributed by atoms with Crippen molar-refractivity contribution in [1.29, 1.82) is 0 Å². The summed E-state index contributed by atoms with van der Waals surface area (Å²) in [5.74, 6) is 0.571. The highest BCUT2D eigenvalue weighted by molar-refractivity contribution is 7.15. The summed E-state index contributed by atoms with van der Waals surface area (Å²) in [4.78, 5) is 9.94. The van der Waals surface area contributed by atoms with E-state index >= 15 is 0 Å². The molecule has 0 aliphatic carbocycles. The van der Waals surface area contributed by atoms with Crippen molar-refractivity contribution in [3.8, 4) is 10.6 Å². The first-order chi connectivity index (χ1) is 11.1. The van der Waals surface area contributed by atoms with Crippen LogP contribution in [0.15, 0.2) is 47.3 Å². The van der Waals surface area contributed by atoms with Crippen LogP contribution in [0.3, 0.4) is 0 Å². The highest BCUT2D eigenvalue weighted by Gasteiger charge is 2.17. The Bertz CT molecular complexity index is 741. The minimum Gasteiger partial charge on any atom is -0.467 e. The summed E-state index contributed by atoms with van der Waals surface area (Å²) in [6.45, 7) is 4.50. The number of thiazole rings is 1. The summed E-state index contributed by atoms with van der Waals surface area (Å²) in [7, 11) is 0. The standard InChI is InChI=1S/C17H19N3O2S/c1-11(19-10-14(21)15-6-4-8-22-15)16-12(2)20-17(23-16)13-5-3-7-18-9-13/h3-9,11,14,19,21H,10H2,1-2H3. The molecule has 0 spiro atoms. The number of nitrogens with zero attached hydrogens (tertiary/aromatic N) is 2. The highest BCUT2D eigenvalue weighted by Crippen LogP contribution is 2.31. The minimum atomic E-state index is -0.654. The third kappa shape index (κ3) is 3.67. The van der Waals surface area contributed by atoms with Crippen LogP contribution in [0, 0.1) is 6.92 Å². The molecule has 0 saturated carbocycles. The summed E-state index contributed by atoms with van der Waals surface area (Å²) in [6.07, 6.45) is 4.49. The van der Waals surface area contributed by atoms with Crippen molar-refractivity contribution >= 4 is 11.3 Å². The number of aromatic nitrogens is 2. The molecule has 0 radical (unpaired) electrons. The van der Waals surface area contributed by atoms with E-state index in [9.17, 15) is 5.11 Å². The molecule has 3 aromatic heterocycles. The van der Waals surface area contributed by atoms with Gasteiger partial charge in [-0.1, -0.05) is 0 Å². The second-order valence-electron chi connectivity index (χ2n) is 5.37. The molecule has 23 heavy (non-hydrogen) atoms. The minimum absolute atomic E-state index is 0.0996. The Morgan fingerprint density at radius 2 is 2.22 bits per heavy atom. The number of aliphatic hydroxyl groups is 1. The lowest BCUT2D eigenvalue weighted by atomic mass is 10.2. The molecule has 0 saturated heterocycles. The Morgan fingerprint density at radius 3 is 2.91 bits per heavy atom. The van der Waals surface area contributed by atoms with Crippen molar-refractivity contribution in [2.24, 2.45) is 0 Å². The zero-order valence-corrected chi connectivity index (χ0v) is 13.9. The molecule has 2 unspecified atom stereocenters. The zero-order valence-electron chi connectivity index (χ0n) is 13.1. The van der Waals surface area contributed by atoms with E-state index in [2.05, 4.69) is 22.2 Å². The van der Waals surface area contributed by atoms with Crippen molar-refractivity contribution in [1.82, 2.24) is 15.3 Å². The van der Waals surface area contributed by atoms with Gasteiger partial charge in [0, 0.05) is 35.4 Å². The quantitative estimate of drug-likeness (QED) is 0.724. The molecule has 0 fully saturated rings. The van der Waals surface area contributed by atoms with E-state index in [0.29, 0.717) is 12.3 Å². The second-order valence-corrected chi connectivity index (χ2v) is 6.40. The lowest BCUT2D eigenvalue weighted by Crippen LogP contribution is -2.24. The lowest BCUT2D eigenvalue weighted by Gasteiger charge is -2.15. The molecule has 3 aromatic rings. The third-order valence-corrected chi connectivity index (χ3v) is 5.01. The molecule has 2 atom stereocenters. The molecule has 0 amide bonds. The van der Waals surface area contributed by atoms with Gasteiger partial charge in [0.1, 0.15) is 16.9 Å². The number of pyridine rings is 1. The fraction of sp³-hybridized carbons (Fsp3) is 0.294. The Hall–Kier alpha value is -2.02. The zero-order chi connectivity index (χ0) is 16.2. The Kier molecular flexibility index (Phi) is 4.85. The normalized spacial score (nSPS) is 13.9. The fourth-order valence-electron chi connectivity index (χ4n) is 2.39. The van der Waals surface area contributed by atoms with Crippen LogP contribution in [-0.4, -0.2) is 21.6 Å². The summed E-state index contributed by atoms with van der Waals surface area (Å²) >= 11 is 1.65. The molecule has 2 N–H and O–H groups in total. The van der Waals surface area contributed by atoms with E-state index in [4.69, 9.17) is 4.42 Å². The largest absolute Gasteiger partial charge is 0.467 e. The fourth-order valence-corrected chi connectivity index (χ4v) is 3.47. The molecule has 3 heterocycles. The monoisotopic (exact) mass is 329 g/mol. The molecule has 0 aliphatic rings. The summed E-state index contributed by atoms with van der Waals surface area (Å²) in [5, 5.41) is 14.4. The van der Waals surface area contributed by atoms with Crippen molar-refractivity contribution in [3.05, 3.63) is 59.3 Å². The van der Waals surface area contributed by atoms with Gasteiger partial charge in [0.15, 0.2) is 0 Å². The van der Waals surface area contributed by atoms with Crippen molar-refractivity contribution in [3.63, 3.8) is 0 Å². The topological polar surface area (TPSA) is 71.2 Å². The van der Waals surface area contributed by atoms with E-state index < -0.39 is 6.10 Å². The number of nitrogens with one attached hydrogen (secondary N) is 1. The van der Waals surface area contributed by atoms with Crippen molar-refractivity contribution in [2.45, 2.75) is 26.0 Å². The summed E-state index contributed by atoms with van der Waals surface area (Å²) in [5.41, 5.74) is 2.02. The Labute approximate surface area is 139 Å². The average molecular weight is 329 g/mol. The molecular weight excluding hydrogens is 310 g/mol. The predicted molar refractivity (Wildman–Crippen MR) is 90.2 cm³/mol. The molecule has 5 nitrogen and oxygen atoms in total. The highest BCUT2D eigenvalue weighted by atomic mass is 32.1. The van der Waals surface area contributed by atoms with Crippen LogP contribution in [0.1, 0.15) is 35.4 Å². The number of hydrogen-bond donors (Lipinski definition) is 2. The first-order valence-electron chi connectivity index (χ1n) is 7.47. The van der Waals surface area contributed by atoms with Gasteiger partial charge in [-0.05, 0) is 38.1 Å². The van der Waals surface area contributed by atoms with Gasteiger partial charge in [-0.3, -0.25) is 4.98 Å². The van der Waals surface area contributed by atoms with Gasteiger partial charge in [0.05, 0.1) is 12.0 Å². The summed E-state index contributed by atoms with van der Waals surface area (Å²) in [6, 6.07) is 7.56. The number of hydrogen-bond acceptors (Lipinski definition) is 6. The molecular formula is C17H19N3O2S. The van der Waals surface area contributed by atoms with Gasteiger partial charge in [-0.25, -0.2) is 4.98 Å². The number of aryl methyl sites for hydroxylation is 1. The van der Waals surface area contributed by atoms with Crippen LogP contribution in [0.4, 0.5) is 0 Å². The van der Waals surface area contributed by atoms with Gasteiger partial charge in [-0.2, -0.15) is 0 Å². The van der Waals surface area contributed by atoms with Crippen LogP contribution in [0.2, 0.25) is 0 Å². The lowest BCUT2D eigenvalue weighted by molar-refractivity contribution is 0.144. The molecule has 120 valence electrons.